The van der Waals surface area contributed by atoms with E-state index in [1.165, 1.54) is 0 Å². The Morgan fingerprint density at radius 3 is 2.70 bits per heavy atom. The topological polar surface area (TPSA) is 68.5 Å². The molecule has 3 aromatic rings. The van der Waals surface area contributed by atoms with Crippen LogP contribution in [0, 0.1) is 0 Å². The van der Waals surface area contributed by atoms with Crippen LogP contribution in [0.2, 0.25) is 5.02 Å². The number of nitrogens with two attached hydrogens (primary N) is 1. The molecule has 27 heavy (non-hydrogen) atoms. The van der Waals surface area contributed by atoms with Gasteiger partial charge in [0.05, 0.1) is 41.1 Å². The second-order valence-corrected chi connectivity index (χ2v) is 7.44. The Bertz CT molecular complexity index is 1110. The predicted octanol–water partition coefficient (Wildman–Crippen LogP) is 4.26. The molecule has 1 fully saturated rings. The fourth-order valence-corrected chi connectivity index (χ4v) is 4.18. The first-order chi connectivity index (χ1) is 13.1. The molecule has 0 atom stereocenters. The molecule has 2 heterocycles. The number of para-hydroxylation sites is 1. The maximum Gasteiger partial charge on any atom is 0.258 e. The van der Waals surface area contributed by atoms with Crippen molar-refractivity contribution in [3.8, 4) is 16.9 Å². The number of rotatable bonds is 3. The molecule has 0 unspecified atom stereocenters. The third-order valence-corrected chi connectivity index (χ3v) is 5.69. The van der Waals surface area contributed by atoms with Crippen molar-refractivity contribution >= 4 is 34.1 Å². The van der Waals surface area contributed by atoms with Gasteiger partial charge in [0.1, 0.15) is 5.75 Å². The number of benzene rings is 2. The van der Waals surface area contributed by atoms with Crippen molar-refractivity contribution in [1.82, 2.24) is 9.88 Å². The summed E-state index contributed by atoms with van der Waals surface area (Å²) < 4.78 is 5.52. The average Bonchev–Trinajstić information content (AvgIpc) is 3.45. The lowest BCUT2D eigenvalue weighted by Gasteiger charge is -2.14. The summed E-state index contributed by atoms with van der Waals surface area (Å²) in [7, 11) is 1.62. The summed E-state index contributed by atoms with van der Waals surface area (Å²) in [6.45, 7) is 0.521. The molecule has 1 saturated carbocycles. The molecule has 0 spiro atoms. The lowest BCUT2D eigenvalue weighted by molar-refractivity contribution is 0.0767. The molecule has 1 aromatic heterocycles. The van der Waals surface area contributed by atoms with Gasteiger partial charge in [0.2, 0.25) is 0 Å². The van der Waals surface area contributed by atoms with Gasteiger partial charge in [0.25, 0.3) is 5.91 Å². The molecule has 136 valence electrons. The molecule has 0 saturated heterocycles. The predicted molar refractivity (Wildman–Crippen MR) is 106 cm³/mol. The smallest absolute Gasteiger partial charge is 0.258 e. The largest absolute Gasteiger partial charge is 0.496 e. The third-order valence-electron chi connectivity index (χ3n) is 5.38. The monoisotopic (exact) mass is 379 g/mol. The van der Waals surface area contributed by atoms with Gasteiger partial charge >= 0.3 is 0 Å². The molecular weight excluding hydrogens is 362 g/mol. The van der Waals surface area contributed by atoms with E-state index >= 15 is 0 Å². The van der Waals surface area contributed by atoms with E-state index in [1.807, 2.05) is 41.3 Å². The molecule has 2 aromatic carbocycles. The zero-order chi connectivity index (χ0) is 18.7. The Morgan fingerprint density at radius 1 is 1.19 bits per heavy atom. The Labute approximate surface area is 161 Å². The van der Waals surface area contributed by atoms with Crippen LogP contribution >= 0.6 is 11.6 Å². The van der Waals surface area contributed by atoms with Gasteiger partial charge in [0.15, 0.2) is 0 Å². The summed E-state index contributed by atoms with van der Waals surface area (Å²) >= 11 is 6.49. The van der Waals surface area contributed by atoms with Crippen LogP contribution in [0.1, 0.15) is 28.9 Å². The maximum atomic E-state index is 12.8. The summed E-state index contributed by atoms with van der Waals surface area (Å²) in [4.78, 5) is 19.6. The van der Waals surface area contributed by atoms with Crippen LogP contribution in [0.15, 0.2) is 36.4 Å². The second kappa shape index (κ2) is 5.86. The van der Waals surface area contributed by atoms with Crippen molar-refractivity contribution < 1.29 is 9.53 Å². The van der Waals surface area contributed by atoms with Gasteiger partial charge in [-0.2, -0.15) is 0 Å². The van der Waals surface area contributed by atoms with Crippen LogP contribution in [0.25, 0.3) is 22.0 Å². The van der Waals surface area contributed by atoms with Crippen molar-refractivity contribution in [2.45, 2.75) is 25.4 Å². The van der Waals surface area contributed by atoms with Crippen molar-refractivity contribution in [3.05, 3.63) is 52.7 Å². The SMILES string of the molecule is COc1cccc(Cl)c1-c1cccc2c(N)c3c(nc12)CN(C1CC1)C3=O. The average molecular weight is 380 g/mol. The first-order valence-electron chi connectivity index (χ1n) is 8.95. The lowest BCUT2D eigenvalue weighted by atomic mass is 9.98. The van der Waals surface area contributed by atoms with E-state index in [9.17, 15) is 4.79 Å². The normalized spacial score (nSPS) is 16.1. The van der Waals surface area contributed by atoms with Crippen molar-refractivity contribution in [2.24, 2.45) is 0 Å². The number of hydrogen-bond acceptors (Lipinski definition) is 4. The molecule has 2 N–H and O–H groups in total. The first kappa shape index (κ1) is 16.4. The molecule has 0 bridgehead atoms. The van der Waals surface area contributed by atoms with Gasteiger partial charge in [-0.25, -0.2) is 4.98 Å². The van der Waals surface area contributed by atoms with E-state index in [2.05, 4.69) is 0 Å². The van der Waals surface area contributed by atoms with Crippen molar-refractivity contribution in [3.63, 3.8) is 0 Å². The number of nitrogens with zero attached hydrogens (tertiary/aromatic N) is 2. The van der Waals surface area contributed by atoms with Crippen LogP contribution in [-0.2, 0) is 6.54 Å². The van der Waals surface area contributed by atoms with Crippen LogP contribution in [0.3, 0.4) is 0 Å². The van der Waals surface area contributed by atoms with E-state index < -0.39 is 0 Å². The van der Waals surface area contributed by atoms with Crippen LogP contribution in [-0.4, -0.2) is 28.9 Å². The molecule has 1 amide bonds. The molecule has 1 aliphatic carbocycles. The Morgan fingerprint density at radius 2 is 1.96 bits per heavy atom. The number of nitrogen functional groups attached to an aromatic ring is 1. The van der Waals surface area contributed by atoms with Gasteiger partial charge < -0.3 is 15.4 Å². The number of carbonyl (C=O) groups excluding carboxylic acids is 1. The number of fused-ring (bicyclic) bond motifs is 2. The van der Waals surface area contributed by atoms with E-state index in [4.69, 9.17) is 27.1 Å². The minimum Gasteiger partial charge on any atom is -0.496 e. The highest BCUT2D eigenvalue weighted by atomic mass is 35.5. The molecule has 5 nitrogen and oxygen atoms in total. The first-order valence-corrected chi connectivity index (χ1v) is 9.33. The molecule has 1 aliphatic heterocycles. The van der Waals surface area contributed by atoms with Crippen LogP contribution < -0.4 is 10.5 Å². The highest BCUT2D eigenvalue weighted by molar-refractivity contribution is 6.34. The molecule has 0 radical (unpaired) electrons. The number of hydrogen-bond donors (Lipinski definition) is 1. The van der Waals surface area contributed by atoms with Gasteiger partial charge in [0, 0.05) is 22.6 Å². The number of amides is 1. The number of pyridine rings is 1. The zero-order valence-electron chi connectivity index (χ0n) is 14.8. The number of carbonyl (C=O) groups is 1. The van der Waals surface area contributed by atoms with Gasteiger partial charge in [-0.05, 0) is 25.0 Å². The minimum atomic E-state index is 0.000118. The zero-order valence-corrected chi connectivity index (χ0v) is 15.6. The van der Waals surface area contributed by atoms with Gasteiger partial charge in [-0.1, -0.05) is 35.9 Å². The number of ether oxygens (including phenoxy) is 1. The summed E-state index contributed by atoms with van der Waals surface area (Å²) in [5.41, 5.74) is 10.6. The van der Waals surface area contributed by atoms with Gasteiger partial charge in [-0.3, -0.25) is 4.79 Å². The Balaban J connectivity index is 1.77. The minimum absolute atomic E-state index is 0.000118. The Kier molecular flexibility index (Phi) is 3.56. The van der Waals surface area contributed by atoms with E-state index in [0.717, 1.165) is 40.6 Å². The number of aromatic nitrogens is 1. The van der Waals surface area contributed by atoms with Crippen LogP contribution in [0.5, 0.6) is 5.75 Å². The van der Waals surface area contributed by atoms with E-state index in [0.29, 0.717) is 34.6 Å². The Hall–Kier alpha value is -2.79. The number of halogens is 1. The lowest BCUT2D eigenvalue weighted by Crippen LogP contribution is -2.26. The van der Waals surface area contributed by atoms with E-state index in [-0.39, 0.29) is 5.91 Å². The number of anilines is 1. The fraction of sp³-hybridized carbons (Fsp3) is 0.238. The summed E-state index contributed by atoms with van der Waals surface area (Å²) in [5.74, 6) is 0.673. The highest BCUT2D eigenvalue weighted by Crippen LogP contribution is 2.43. The summed E-state index contributed by atoms with van der Waals surface area (Å²) in [6, 6.07) is 11.6. The van der Waals surface area contributed by atoms with Crippen molar-refractivity contribution in [2.75, 3.05) is 12.8 Å². The van der Waals surface area contributed by atoms with Crippen LogP contribution in [0.4, 0.5) is 5.69 Å². The molecule has 6 heteroatoms. The van der Waals surface area contributed by atoms with E-state index in [1.54, 1.807) is 7.11 Å². The van der Waals surface area contributed by atoms with Gasteiger partial charge in [-0.15, -0.1) is 0 Å². The third kappa shape index (κ3) is 2.38. The maximum absolute atomic E-state index is 12.8. The fourth-order valence-electron chi connectivity index (χ4n) is 3.91. The number of methoxy groups -OCH3 is 1. The molecule has 5 rings (SSSR count). The quantitative estimate of drug-likeness (QED) is 0.738. The summed E-state index contributed by atoms with van der Waals surface area (Å²) in [6.07, 6.45) is 2.11. The molecular formula is C21H18ClN3O2. The standard InChI is InChI=1S/C21H18ClN3O2/c1-27-16-7-3-6-14(22)17(16)12-4-2-5-13-19(23)18-15(24-20(12)13)10-25(21(18)26)11-8-9-11/h2-7,11H,8-10H2,1H3,(H2,23,24). The van der Waals surface area contributed by atoms with Crippen molar-refractivity contribution in [1.29, 1.82) is 0 Å². The second-order valence-electron chi connectivity index (χ2n) is 7.03. The highest BCUT2D eigenvalue weighted by Gasteiger charge is 2.40. The summed E-state index contributed by atoms with van der Waals surface area (Å²) in [5, 5.41) is 1.35. The molecule has 2 aliphatic rings.